The normalized spacial score (nSPS) is 9.27. The van der Waals surface area contributed by atoms with Gasteiger partial charge in [-0.1, -0.05) is 12.2 Å². The molecule has 0 aromatic carbocycles. The highest BCUT2D eigenvalue weighted by molar-refractivity contribution is 7.79. The average molecular weight is 234 g/mol. The third-order valence-corrected chi connectivity index (χ3v) is 1.51. The molecule has 0 spiro atoms. The molecule has 0 unspecified atom stereocenters. The number of alkyl carbamates (subject to hydrolysis) is 2. The molecule has 7 heteroatoms. The number of nitrogens with one attached hydrogen (secondary N) is 2. The molecule has 2 amide bonds. The van der Waals surface area contributed by atoms with Crippen molar-refractivity contribution >= 4 is 29.8 Å². The lowest BCUT2D eigenvalue weighted by atomic mass is 10.5. The van der Waals surface area contributed by atoms with E-state index in [1.54, 1.807) is 13.8 Å². The number of hydrogen-bond acceptors (Lipinski definition) is 5. The van der Waals surface area contributed by atoms with Gasteiger partial charge in [0.15, 0.2) is 0 Å². The van der Waals surface area contributed by atoms with Crippen molar-refractivity contribution in [3.63, 3.8) is 0 Å². The fraction of sp³-hybridized carbons (Fsp3) is 0.625. The van der Waals surface area contributed by atoms with E-state index in [0.717, 1.165) is 0 Å². The highest BCUT2D eigenvalue weighted by Gasteiger charge is 2.12. The van der Waals surface area contributed by atoms with Crippen LogP contribution in [-0.2, 0) is 9.47 Å². The van der Waals surface area contributed by atoms with Gasteiger partial charge in [-0.25, -0.2) is 9.59 Å². The van der Waals surface area contributed by atoms with E-state index in [0.29, 0.717) is 0 Å². The smallest absolute Gasteiger partial charge is 0.409 e. The van der Waals surface area contributed by atoms with Crippen molar-refractivity contribution in [1.29, 1.82) is 0 Å². The van der Waals surface area contributed by atoms with Crippen LogP contribution in [-0.4, -0.2) is 36.9 Å². The molecule has 0 saturated heterocycles. The van der Waals surface area contributed by atoms with Gasteiger partial charge in [-0.05, 0) is 13.8 Å². The highest BCUT2D eigenvalue weighted by atomic mass is 32.1. The first-order valence-electron chi connectivity index (χ1n) is 4.45. The molecule has 0 saturated carbocycles. The quantitative estimate of drug-likeness (QED) is 0.543. The first kappa shape index (κ1) is 13.6. The first-order valence-corrected chi connectivity index (χ1v) is 4.93. The summed E-state index contributed by atoms with van der Waals surface area (Å²) < 4.78 is 9.21. The molecule has 86 valence electrons. The fourth-order valence-corrected chi connectivity index (χ4v) is 0.840. The second-order valence-corrected chi connectivity index (χ2v) is 2.62. The Morgan fingerprint density at radius 2 is 1.60 bits per heavy atom. The van der Waals surface area contributed by atoms with Crippen LogP contribution >= 0.6 is 12.2 Å². The van der Waals surface area contributed by atoms with Crippen LogP contribution in [0.3, 0.4) is 0 Å². The molecule has 6 nitrogen and oxygen atoms in total. The molecule has 0 aliphatic carbocycles. The van der Waals surface area contributed by atoms with E-state index in [-0.39, 0.29) is 13.2 Å². The number of hydrogen-bond donors (Lipinski definition) is 2. The van der Waals surface area contributed by atoms with Crippen LogP contribution in [0.1, 0.15) is 13.8 Å². The summed E-state index contributed by atoms with van der Waals surface area (Å²) in [5.41, 5.74) is 0. The third kappa shape index (κ3) is 6.67. The summed E-state index contributed by atoms with van der Waals surface area (Å²) in [5, 5.41) is 5.84. The van der Waals surface area contributed by atoms with E-state index < -0.39 is 18.4 Å². The van der Waals surface area contributed by atoms with E-state index in [4.69, 9.17) is 0 Å². The highest BCUT2D eigenvalue weighted by Crippen LogP contribution is 1.83. The molecular weight excluding hydrogens is 220 g/mol. The maximum Gasteiger partial charge on any atom is 0.409 e. The van der Waals surface area contributed by atoms with E-state index in [1.807, 2.05) is 0 Å². The van der Waals surface area contributed by atoms with Crippen LogP contribution in [0.2, 0.25) is 0 Å². The number of thiocarbonyl (C=S) groups is 1. The van der Waals surface area contributed by atoms with Crippen LogP contribution in [0.25, 0.3) is 0 Å². The van der Waals surface area contributed by atoms with Gasteiger partial charge < -0.3 is 9.47 Å². The van der Waals surface area contributed by atoms with E-state index in [9.17, 15) is 9.59 Å². The summed E-state index contributed by atoms with van der Waals surface area (Å²) in [5.74, 6) is 0. The molecule has 0 aromatic heterocycles. The zero-order valence-electron chi connectivity index (χ0n) is 8.61. The summed E-state index contributed by atoms with van der Waals surface area (Å²) in [6.45, 7) is 3.83. The molecule has 0 bridgehead atoms. The number of carbonyl (C=O) groups excluding carboxylic acids is 2. The molecule has 15 heavy (non-hydrogen) atoms. The average Bonchev–Trinajstić information content (AvgIpc) is 2.17. The van der Waals surface area contributed by atoms with Crippen molar-refractivity contribution in [2.75, 3.05) is 13.2 Å². The van der Waals surface area contributed by atoms with Crippen molar-refractivity contribution in [2.45, 2.75) is 20.0 Å². The monoisotopic (exact) mass is 234 g/mol. The first-order chi connectivity index (χ1) is 7.13. The van der Waals surface area contributed by atoms with Gasteiger partial charge in [0.25, 0.3) is 0 Å². The number of amides is 2. The van der Waals surface area contributed by atoms with Gasteiger partial charge in [-0.15, -0.1) is 0 Å². The molecule has 0 aliphatic heterocycles. The lowest BCUT2D eigenvalue weighted by Gasteiger charge is -2.14. The van der Waals surface area contributed by atoms with Crippen LogP contribution in [0.5, 0.6) is 0 Å². The number of ether oxygens (including phenoxy) is 2. The summed E-state index contributed by atoms with van der Waals surface area (Å²) in [7, 11) is 0. The molecule has 0 atom stereocenters. The standard InChI is InChI=1S/C8H14N2O4S/c1-3-13-7(11)9-6(5-15)10-8(12)14-4-2/h5-6H,3-4H2,1-2H3,(H,9,11)(H,10,12). The van der Waals surface area contributed by atoms with Crippen LogP contribution in [0.15, 0.2) is 0 Å². The summed E-state index contributed by atoms with van der Waals surface area (Å²) in [6.07, 6.45) is -2.08. The van der Waals surface area contributed by atoms with Crippen molar-refractivity contribution < 1.29 is 19.1 Å². The van der Waals surface area contributed by atoms with E-state index in [2.05, 4.69) is 32.3 Å². The molecule has 0 radical (unpaired) electrons. The van der Waals surface area contributed by atoms with Crippen LogP contribution < -0.4 is 10.6 Å². The van der Waals surface area contributed by atoms with Crippen molar-refractivity contribution in [2.24, 2.45) is 0 Å². The minimum Gasteiger partial charge on any atom is -0.450 e. The Bertz CT molecular complexity index is 215. The SMILES string of the molecule is CCOC(=O)NC(C=S)NC(=O)OCC. The van der Waals surface area contributed by atoms with Gasteiger partial charge in [-0.2, -0.15) is 0 Å². The molecule has 0 aromatic rings. The van der Waals surface area contributed by atoms with Crippen LogP contribution in [0.4, 0.5) is 9.59 Å². The van der Waals surface area contributed by atoms with E-state index >= 15 is 0 Å². The van der Waals surface area contributed by atoms with Gasteiger partial charge in [-0.3, -0.25) is 10.6 Å². The van der Waals surface area contributed by atoms with E-state index in [1.165, 1.54) is 5.37 Å². The van der Waals surface area contributed by atoms with Gasteiger partial charge in [0.05, 0.1) is 13.2 Å². The largest absolute Gasteiger partial charge is 0.450 e. The molecule has 2 N–H and O–H groups in total. The Kier molecular flexibility index (Phi) is 7.25. The van der Waals surface area contributed by atoms with Crippen LogP contribution in [0, 0.1) is 0 Å². The predicted octanol–water partition coefficient (Wildman–Crippen LogP) is 0.804. The maximum atomic E-state index is 11.0. The van der Waals surface area contributed by atoms with Crippen molar-refractivity contribution in [3.8, 4) is 0 Å². The molecule has 0 fully saturated rings. The molecule has 0 aliphatic rings. The third-order valence-electron chi connectivity index (χ3n) is 1.23. The lowest BCUT2D eigenvalue weighted by molar-refractivity contribution is 0.140. The molecule has 0 heterocycles. The Hall–Kier alpha value is -1.37. The zero-order valence-corrected chi connectivity index (χ0v) is 9.43. The minimum atomic E-state index is -0.780. The van der Waals surface area contributed by atoms with Gasteiger partial charge in [0.2, 0.25) is 0 Å². The number of rotatable bonds is 5. The number of carbonyl (C=O) groups is 2. The summed E-state index contributed by atoms with van der Waals surface area (Å²) in [4.78, 5) is 21.9. The topological polar surface area (TPSA) is 76.7 Å². The Morgan fingerprint density at radius 3 is 1.87 bits per heavy atom. The Labute approximate surface area is 93.3 Å². The van der Waals surface area contributed by atoms with Crippen molar-refractivity contribution in [1.82, 2.24) is 10.6 Å². The van der Waals surface area contributed by atoms with Gasteiger partial charge in [0.1, 0.15) is 6.17 Å². The fourth-order valence-electron chi connectivity index (χ4n) is 0.704. The van der Waals surface area contributed by atoms with Gasteiger partial charge in [0, 0.05) is 5.37 Å². The second kappa shape index (κ2) is 7.98. The maximum absolute atomic E-state index is 11.0. The summed E-state index contributed by atoms with van der Waals surface area (Å²) in [6, 6.07) is 0. The van der Waals surface area contributed by atoms with Gasteiger partial charge >= 0.3 is 12.2 Å². The molecule has 0 rings (SSSR count). The Morgan fingerprint density at radius 1 is 1.20 bits per heavy atom. The molecular formula is C8H14N2O4S. The minimum absolute atomic E-state index is 0.245. The summed E-state index contributed by atoms with van der Waals surface area (Å²) >= 11 is 4.61. The Balaban J connectivity index is 3.97. The zero-order chi connectivity index (χ0) is 11.7. The second-order valence-electron chi connectivity index (χ2n) is 2.34. The lowest BCUT2D eigenvalue weighted by Crippen LogP contribution is -2.49. The predicted molar refractivity (Wildman–Crippen MR) is 57.8 cm³/mol. The van der Waals surface area contributed by atoms with Crippen molar-refractivity contribution in [3.05, 3.63) is 0 Å².